The Balaban J connectivity index is 1.67. The highest BCUT2D eigenvalue weighted by atomic mass is 16.5. The minimum absolute atomic E-state index is 0.0715. The highest BCUT2D eigenvalue weighted by molar-refractivity contribution is 6.08. The number of aliphatic hydroxyl groups excluding tert-OH is 1. The Morgan fingerprint density at radius 3 is 2.37 bits per heavy atom. The average molecular weight is 409 g/mol. The molecule has 8 nitrogen and oxygen atoms in total. The molecule has 0 saturated carbocycles. The van der Waals surface area contributed by atoms with E-state index >= 15 is 0 Å². The van der Waals surface area contributed by atoms with Crippen molar-refractivity contribution in [2.45, 2.75) is 6.42 Å². The SMILES string of the molecule is COC(=O)C1=C(Nc2ccc(NC(=O)Cc3ccccc3)cc2)C(=O)N(CCO)C1. The van der Waals surface area contributed by atoms with Crippen molar-refractivity contribution in [3.63, 3.8) is 0 Å². The maximum Gasteiger partial charge on any atom is 0.337 e. The number of anilines is 2. The minimum atomic E-state index is -0.601. The van der Waals surface area contributed by atoms with Gasteiger partial charge in [0.25, 0.3) is 5.91 Å². The third-order valence-corrected chi connectivity index (χ3v) is 4.60. The van der Waals surface area contributed by atoms with E-state index in [1.165, 1.54) is 12.0 Å². The van der Waals surface area contributed by atoms with E-state index in [2.05, 4.69) is 10.6 Å². The van der Waals surface area contributed by atoms with Gasteiger partial charge in [0.05, 0.1) is 32.3 Å². The van der Waals surface area contributed by atoms with Crippen LogP contribution < -0.4 is 10.6 Å². The fourth-order valence-corrected chi connectivity index (χ4v) is 3.12. The van der Waals surface area contributed by atoms with Crippen molar-refractivity contribution < 1.29 is 24.2 Å². The fourth-order valence-electron chi connectivity index (χ4n) is 3.12. The molecule has 1 aliphatic heterocycles. The van der Waals surface area contributed by atoms with Crippen LogP contribution in [0.2, 0.25) is 0 Å². The van der Waals surface area contributed by atoms with E-state index in [-0.39, 0.29) is 49.2 Å². The van der Waals surface area contributed by atoms with Crippen molar-refractivity contribution in [2.75, 3.05) is 37.4 Å². The maximum absolute atomic E-state index is 12.5. The lowest BCUT2D eigenvalue weighted by Crippen LogP contribution is -2.31. The van der Waals surface area contributed by atoms with Crippen LogP contribution in [-0.2, 0) is 25.5 Å². The third kappa shape index (κ3) is 5.03. The molecule has 0 saturated heterocycles. The van der Waals surface area contributed by atoms with Crippen LogP contribution in [0.3, 0.4) is 0 Å². The highest BCUT2D eigenvalue weighted by Crippen LogP contribution is 2.23. The zero-order valence-corrected chi connectivity index (χ0v) is 16.6. The van der Waals surface area contributed by atoms with Crippen LogP contribution in [0.1, 0.15) is 5.56 Å². The molecule has 0 bridgehead atoms. The lowest BCUT2D eigenvalue weighted by atomic mass is 10.1. The average Bonchev–Trinajstić information content (AvgIpc) is 3.05. The van der Waals surface area contributed by atoms with Crippen molar-refractivity contribution in [3.05, 3.63) is 71.4 Å². The summed E-state index contributed by atoms with van der Waals surface area (Å²) >= 11 is 0. The van der Waals surface area contributed by atoms with Gasteiger partial charge in [-0.2, -0.15) is 0 Å². The Kier molecular flexibility index (Phi) is 6.82. The molecule has 0 aromatic heterocycles. The number of aliphatic hydroxyl groups is 1. The van der Waals surface area contributed by atoms with E-state index < -0.39 is 5.97 Å². The van der Waals surface area contributed by atoms with E-state index in [4.69, 9.17) is 9.84 Å². The molecule has 0 aliphatic carbocycles. The molecule has 1 heterocycles. The quantitative estimate of drug-likeness (QED) is 0.571. The van der Waals surface area contributed by atoms with Gasteiger partial charge >= 0.3 is 5.97 Å². The molecule has 3 rings (SSSR count). The second-order valence-electron chi connectivity index (χ2n) is 6.71. The van der Waals surface area contributed by atoms with Crippen LogP contribution in [0.25, 0.3) is 0 Å². The molecule has 2 aromatic rings. The fraction of sp³-hybridized carbons (Fsp3) is 0.227. The minimum Gasteiger partial charge on any atom is -0.466 e. The van der Waals surface area contributed by atoms with Gasteiger partial charge in [-0.15, -0.1) is 0 Å². The van der Waals surface area contributed by atoms with Gasteiger partial charge in [-0.25, -0.2) is 4.79 Å². The predicted molar refractivity (Wildman–Crippen MR) is 112 cm³/mol. The van der Waals surface area contributed by atoms with Crippen molar-refractivity contribution in [2.24, 2.45) is 0 Å². The summed E-state index contributed by atoms with van der Waals surface area (Å²) in [6, 6.07) is 16.2. The first-order valence-electron chi connectivity index (χ1n) is 9.44. The molecule has 156 valence electrons. The van der Waals surface area contributed by atoms with E-state index in [0.29, 0.717) is 11.4 Å². The molecule has 8 heteroatoms. The second kappa shape index (κ2) is 9.71. The molecule has 1 aliphatic rings. The summed E-state index contributed by atoms with van der Waals surface area (Å²) in [7, 11) is 1.25. The van der Waals surface area contributed by atoms with E-state index in [0.717, 1.165) is 5.56 Å². The summed E-state index contributed by atoms with van der Waals surface area (Å²) in [6.07, 6.45) is 0.269. The summed E-state index contributed by atoms with van der Waals surface area (Å²) in [5, 5.41) is 14.9. The molecule has 0 fully saturated rings. The molecule has 0 unspecified atom stereocenters. The van der Waals surface area contributed by atoms with Crippen LogP contribution in [0.4, 0.5) is 11.4 Å². The summed E-state index contributed by atoms with van der Waals surface area (Å²) in [6.45, 7) is -0.0102. The van der Waals surface area contributed by atoms with Gasteiger partial charge in [0, 0.05) is 17.9 Å². The molecule has 2 aromatic carbocycles. The first kappa shape index (κ1) is 21.1. The molecule has 0 atom stereocenters. The topological polar surface area (TPSA) is 108 Å². The number of carbonyl (C=O) groups excluding carboxylic acids is 3. The first-order valence-corrected chi connectivity index (χ1v) is 9.44. The van der Waals surface area contributed by atoms with Gasteiger partial charge in [-0.1, -0.05) is 30.3 Å². The number of hydrogen-bond donors (Lipinski definition) is 3. The van der Waals surface area contributed by atoms with Gasteiger partial charge in [0.15, 0.2) is 0 Å². The summed E-state index contributed by atoms with van der Waals surface area (Å²) in [5.74, 6) is -1.12. The number of carbonyl (C=O) groups is 3. The summed E-state index contributed by atoms with van der Waals surface area (Å²) in [4.78, 5) is 38.1. The molecule has 3 N–H and O–H groups in total. The van der Waals surface area contributed by atoms with Gasteiger partial charge < -0.3 is 25.4 Å². The van der Waals surface area contributed by atoms with Crippen LogP contribution in [0.5, 0.6) is 0 Å². The lowest BCUT2D eigenvalue weighted by molar-refractivity contribution is -0.136. The van der Waals surface area contributed by atoms with Gasteiger partial charge in [-0.05, 0) is 29.8 Å². The number of rotatable bonds is 8. The summed E-state index contributed by atoms with van der Waals surface area (Å²) < 4.78 is 4.76. The van der Waals surface area contributed by atoms with Crippen LogP contribution >= 0.6 is 0 Å². The monoisotopic (exact) mass is 409 g/mol. The molecular weight excluding hydrogens is 386 g/mol. The lowest BCUT2D eigenvalue weighted by Gasteiger charge is -2.15. The molecule has 2 amide bonds. The number of nitrogens with one attached hydrogen (secondary N) is 2. The number of amides is 2. The number of benzene rings is 2. The van der Waals surface area contributed by atoms with E-state index in [1.54, 1.807) is 24.3 Å². The Morgan fingerprint density at radius 2 is 1.73 bits per heavy atom. The van der Waals surface area contributed by atoms with Crippen molar-refractivity contribution >= 4 is 29.2 Å². The number of hydrogen-bond acceptors (Lipinski definition) is 6. The van der Waals surface area contributed by atoms with Gasteiger partial charge in [0.2, 0.25) is 5.91 Å². The Labute approximate surface area is 174 Å². The van der Waals surface area contributed by atoms with Crippen molar-refractivity contribution in [1.82, 2.24) is 4.90 Å². The van der Waals surface area contributed by atoms with Crippen LogP contribution in [0.15, 0.2) is 65.9 Å². The number of esters is 1. The van der Waals surface area contributed by atoms with Crippen molar-refractivity contribution in [3.8, 4) is 0 Å². The largest absolute Gasteiger partial charge is 0.466 e. The van der Waals surface area contributed by atoms with Crippen LogP contribution in [0, 0.1) is 0 Å². The maximum atomic E-state index is 12.5. The number of ether oxygens (including phenoxy) is 1. The standard InChI is InChI=1S/C22H23N3O5/c1-30-22(29)18-14-25(11-12-26)21(28)20(18)24-17-9-7-16(8-10-17)23-19(27)13-15-5-3-2-4-6-15/h2-10,24,26H,11-14H2,1H3,(H,23,27). The van der Waals surface area contributed by atoms with E-state index in [9.17, 15) is 14.4 Å². The number of nitrogens with zero attached hydrogens (tertiary/aromatic N) is 1. The smallest absolute Gasteiger partial charge is 0.337 e. The summed E-state index contributed by atoms with van der Waals surface area (Å²) in [5.41, 5.74) is 2.44. The van der Waals surface area contributed by atoms with Crippen LogP contribution in [-0.4, -0.2) is 54.6 Å². The third-order valence-electron chi connectivity index (χ3n) is 4.60. The molecule has 0 spiro atoms. The second-order valence-corrected chi connectivity index (χ2v) is 6.71. The highest BCUT2D eigenvalue weighted by Gasteiger charge is 2.34. The first-order chi connectivity index (χ1) is 14.5. The number of β-amino-alcohol motifs (C(OH)–C–C–N with tert-alkyl or cyclic N) is 1. The molecule has 0 radical (unpaired) electrons. The normalized spacial score (nSPS) is 13.4. The molecular formula is C22H23N3O5. The zero-order valence-electron chi connectivity index (χ0n) is 16.6. The van der Waals surface area contributed by atoms with Gasteiger partial charge in [0.1, 0.15) is 5.70 Å². The van der Waals surface area contributed by atoms with Gasteiger partial charge in [-0.3, -0.25) is 9.59 Å². The zero-order chi connectivity index (χ0) is 21.5. The molecule has 30 heavy (non-hydrogen) atoms. The van der Waals surface area contributed by atoms with Crippen molar-refractivity contribution in [1.29, 1.82) is 0 Å². The predicted octanol–water partition coefficient (Wildman–Crippen LogP) is 1.54. The Morgan fingerprint density at radius 1 is 1.07 bits per heavy atom. The Bertz CT molecular complexity index is 954. The Hall–Kier alpha value is -3.65. The van der Waals surface area contributed by atoms with E-state index in [1.807, 2.05) is 30.3 Å². The number of methoxy groups -OCH3 is 1.